The van der Waals surface area contributed by atoms with Crippen molar-refractivity contribution in [2.45, 2.75) is 20.0 Å². The zero-order chi connectivity index (χ0) is 13.4. The summed E-state index contributed by atoms with van der Waals surface area (Å²) in [5.41, 5.74) is 1.40. The van der Waals surface area contributed by atoms with Crippen molar-refractivity contribution >= 4 is 11.8 Å². The van der Waals surface area contributed by atoms with Crippen LogP contribution in [0.15, 0.2) is 35.2 Å². The predicted molar refractivity (Wildman–Crippen MR) is 66.5 cm³/mol. The Bertz CT molecular complexity index is 502. The molecule has 18 heavy (non-hydrogen) atoms. The Balaban J connectivity index is 2.52. The van der Waals surface area contributed by atoms with E-state index in [1.54, 1.807) is 6.08 Å². The van der Waals surface area contributed by atoms with E-state index in [1.807, 2.05) is 36.8 Å². The van der Waals surface area contributed by atoms with E-state index in [-0.39, 0.29) is 11.7 Å². The molecule has 2 heterocycles. The van der Waals surface area contributed by atoms with Crippen LogP contribution in [0, 0.1) is 0 Å². The van der Waals surface area contributed by atoms with Crippen LogP contribution >= 0.6 is 0 Å². The summed E-state index contributed by atoms with van der Waals surface area (Å²) in [4.78, 5) is 27.0. The van der Waals surface area contributed by atoms with Crippen LogP contribution in [0.2, 0.25) is 0 Å². The number of likely N-dealkylation sites (N-methyl/N-ethyl adjacent to an activating group) is 2. The smallest absolute Gasteiger partial charge is 0.341 e. The molecule has 0 aromatic rings. The molecule has 0 spiro atoms. The molecule has 0 saturated heterocycles. The SMILES string of the molecule is CCN1C=C(C(=O)O)C(=O)C2=CC=C(C)N(C)C21. The molecule has 1 atom stereocenters. The van der Waals surface area contributed by atoms with E-state index >= 15 is 0 Å². The number of nitrogens with zero attached hydrogens (tertiary/aromatic N) is 2. The maximum absolute atomic E-state index is 12.1. The highest BCUT2D eigenvalue weighted by molar-refractivity contribution is 6.24. The van der Waals surface area contributed by atoms with Crippen molar-refractivity contribution in [3.8, 4) is 0 Å². The second-order valence-corrected chi connectivity index (χ2v) is 4.42. The highest BCUT2D eigenvalue weighted by Crippen LogP contribution is 2.30. The summed E-state index contributed by atoms with van der Waals surface area (Å²) in [5, 5.41) is 9.06. The van der Waals surface area contributed by atoms with Crippen molar-refractivity contribution < 1.29 is 14.7 Å². The first-order valence-electron chi connectivity index (χ1n) is 5.84. The number of carboxylic acids is 1. The standard InChI is InChI=1S/C13H16N2O3/c1-4-15-7-10(13(17)18)11(16)9-6-5-8(2)14(3)12(9)15/h5-7,12H,4H2,1-3H3,(H,17,18). The number of ketones is 1. The second-order valence-electron chi connectivity index (χ2n) is 4.42. The molecule has 5 heteroatoms. The van der Waals surface area contributed by atoms with Crippen molar-refractivity contribution in [3.63, 3.8) is 0 Å². The molecule has 5 nitrogen and oxygen atoms in total. The Kier molecular flexibility index (Phi) is 2.98. The van der Waals surface area contributed by atoms with Gasteiger partial charge in [-0.05, 0) is 26.0 Å². The van der Waals surface area contributed by atoms with Gasteiger partial charge in [-0.1, -0.05) is 0 Å². The molecule has 2 rings (SSSR count). The molecule has 0 radical (unpaired) electrons. The third-order valence-corrected chi connectivity index (χ3v) is 3.42. The molecule has 0 aliphatic carbocycles. The number of hydrogen-bond acceptors (Lipinski definition) is 4. The minimum absolute atomic E-state index is 0.166. The number of carbonyl (C=O) groups is 2. The Morgan fingerprint density at radius 1 is 1.44 bits per heavy atom. The summed E-state index contributed by atoms with van der Waals surface area (Å²) in [6.45, 7) is 4.54. The van der Waals surface area contributed by atoms with E-state index < -0.39 is 11.8 Å². The average molecular weight is 248 g/mol. The quantitative estimate of drug-likeness (QED) is 0.738. The molecule has 0 fully saturated rings. The molecule has 0 saturated carbocycles. The van der Waals surface area contributed by atoms with Gasteiger partial charge < -0.3 is 14.9 Å². The normalized spacial score (nSPS) is 23.2. The van der Waals surface area contributed by atoms with E-state index in [9.17, 15) is 9.59 Å². The van der Waals surface area contributed by atoms with Gasteiger partial charge in [0.1, 0.15) is 11.7 Å². The lowest BCUT2D eigenvalue weighted by atomic mass is 9.93. The van der Waals surface area contributed by atoms with Crippen LogP contribution in [-0.2, 0) is 9.59 Å². The number of carbonyl (C=O) groups excluding carboxylic acids is 1. The predicted octanol–water partition coefficient (Wildman–Crippen LogP) is 0.961. The number of allylic oxidation sites excluding steroid dienone is 3. The lowest BCUT2D eigenvalue weighted by Crippen LogP contribution is -2.50. The van der Waals surface area contributed by atoms with Gasteiger partial charge in [-0.3, -0.25) is 4.79 Å². The highest BCUT2D eigenvalue weighted by atomic mass is 16.4. The van der Waals surface area contributed by atoms with Crippen molar-refractivity contribution in [2.75, 3.05) is 13.6 Å². The minimum Gasteiger partial charge on any atom is -0.477 e. The number of hydrogen-bond donors (Lipinski definition) is 1. The first kappa shape index (κ1) is 12.4. The molecule has 96 valence electrons. The summed E-state index contributed by atoms with van der Waals surface area (Å²) in [7, 11) is 1.90. The van der Waals surface area contributed by atoms with Crippen LogP contribution < -0.4 is 0 Å². The number of rotatable bonds is 2. The fraction of sp³-hybridized carbons (Fsp3) is 0.385. The van der Waals surface area contributed by atoms with Crippen LogP contribution in [0.5, 0.6) is 0 Å². The average Bonchev–Trinajstić information content (AvgIpc) is 2.34. The van der Waals surface area contributed by atoms with Crippen molar-refractivity contribution in [1.82, 2.24) is 9.80 Å². The van der Waals surface area contributed by atoms with Crippen molar-refractivity contribution in [1.29, 1.82) is 0 Å². The minimum atomic E-state index is -1.17. The van der Waals surface area contributed by atoms with Gasteiger partial charge in [0.25, 0.3) is 0 Å². The number of aliphatic carboxylic acids is 1. The third kappa shape index (κ3) is 1.72. The molecular formula is C13H16N2O3. The maximum atomic E-state index is 12.1. The maximum Gasteiger partial charge on any atom is 0.341 e. The van der Waals surface area contributed by atoms with Crippen LogP contribution in [-0.4, -0.2) is 46.4 Å². The van der Waals surface area contributed by atoms with Gasteiger partial charge in [0.15, 0.2) is 0 Å². The summed E-state index contributed by atoms with van der Waals surface area (Å²) in [5.74, 6) is -1.57. The van der Waals surface area contributed by atoms with Crippen molar-refractivity contribution in [3.05, 3.63) is 35.2 Å². The number of carboxylic acid groups (broad SMARTS) is 1. The first-order valence-corrected chi connectivity index (χ1v) is 5.84. The van der Waals surface area contributed by atoms with E-state index in [0.717, 1.165) is 5.70 Å². The summed E-state index contributed by atoms with van der Waals surface area (Å²) in [6, 6.07) is 0. The van der Waals surface area contributed by atoms with Crippen LogP contribution in [0.25, 0.3) is 0 Å². The Morgan fingerprint density at radius 2 is 2.11 bits per heavy atom. The molecule has 1 unspecified atom stereocenters. The molecular weight excluding hydrogens is 232 g/mol. The first-order chi connectivity index (χ1) is 8.47. The van der Waals surface area contributed by atoms with E-state index in [4.69, 9.17) is 5.11 Å². The summed E-state index contributed by atoms with van der Waals surface area (Å²) in [6.07, 6.45) is 4.81. The molecule has 2 aliphatic rings. The largest absolute Gasteiger partial charge is 0.477 e. The monoisotopic (exact) mass is 248 g/mol. The second kappa shape index (κ2) is 4.33. The summed E-state index contributed by atoms with van der Waals surface area (Å²) < 4.78 is 0. The highest BCUT2D eigenvalue weighted by Gasteiger charge is 2.38. The Hall–Kier alpha value is -2.04. The zero-order valence-electron chi connectivity index (χ0n) is 10.7. The lowest BCUT2D eigenvalue weighted by Gasteiger charge is -2.43. The van der Waals surface area contributed by atoms with Gasteiger partial charge in [-0.2, -0.15) is 0 Å². The molecule has 1 N–H and O–H groups in total. The fourth-order valence-corrected chi connectivity index (χ4v) is 2.28. The molecule has 0 amide bonds. The van der Waals surface area contributed by atoms with Gasteiger partial charge in [0.05, 0.1) is 0 Å². The van der Waals surface area contributed by atoms with Gasteiger partial charge in [-0.15, -0.1) is 0 Å². The molecule has 0 bridgehead atoms. The van der Waals surface area contributed by atoms with Crippen molar-refractivity contribution in [2.24, 2.45) is 0 Å². The zero-order valence-corrected chi connectivity index (χ0v) is 10.7. The van der Waals surface area contributed by atoms with Gasteiger partial charge in [0.2, 0.25) is 5.78 Å². The number of fused-ring (bicyclic) bond motifs is 1. The van der Waals surface area contributed by atoms with Crippen LogP contribution in [0.3, 0.4) is 0 Å². The van der Waals surface area contributed by atoms with Gasteiger partial charge in [-0.25, -0.2) is 4.79 Å². The summed E-state index contributed by atoms with van der Waals surface area (Å²) >= 11 is 0. The molecule has 0 aromatic carbocycles. The molecule has 0 aromatic heterocycles. The van der Waals surface area contributed by atoms with E-state index in [2.05, 4.69) is 0 Å². The van der Waals surface area contributed by atoms with Crippen LogP contribution in [0.1, 0.15) is 13.8 Å². The Morgan fingerprint density at radius 3 is 2.67 bits per heavy atom. The Labute approximate surface area is 106 Å². The van der Waals surface area contributed by atoms with Crippen LogP contribution in [0.4, 0.5) is 0 Å². The lowest BCUT2D eigenvalue weighted by molar-refractivity contribution is -0.134. The van der Waals surface area contributed by atoms with Gasteiger partial charge >= 0.3 is 5.97 Å². The topological polar surface area (TPSA) is 60.9 Å². The van der Waals surface area contributed by atoms with E-state index in [1.165, 1.54) is 6.20 Å². The van der Waals surface area contributed by atoms with E-state index in [0.29, 0.717) is 12.1 Å². The molecule has 2 aliphatic heterocycles. The third-order valence-electron chi connectivity index (χ3n) is 3.42. The number of Topliss-reactive ketones (excluding diaryl/α,β-unsaturated/α-hetero) is 1. The van der Waals surface area contributed by atoms with Gasteiger partial charge in [0, 0.05) is 31.1 Å². The fourth-order valence-electron chi connectivity index (χ4n) is 2.28.